The molecule has 0 aromatic heterocycles. The number of ether oxygens (including phenoxy) is 4. The molecule has 2 aliphatic carbocycles. The van der Waals surface area contributed by atoms with Gasteiger partial charge in [-0.05, 0) is 58.7 Å². The van der Waals surface area contributed by atoms with Gasteiger partial charge in [0.2, 0.25) is 24.1 Å². The summed E-state index contributed by atoms with van der Waals surface area (Å²) in [6.07, 6.45) is -17.7. The number of hydrogen-bond acceptors (Lipinski definition) is 18. The van der Waals surface area contributed by atoms with Gasteiger partial charge in [0.05, 0.1) is 46.6 Å². The highest BCUT2D eigenvalue weighted by Crippen LogP contribution is 2.56. The van der Waals surface area contributed by atoms with E-state index in [9.17, 15) is 80.5 Å². The molecule has 2 heterocycles. The molecule has 4 aromatic rings. The predicted octanol–water partition coefficient (Wildman–Crippen LogP) is -1.10. The standard InChI is InChI=1S/C42H38O20/c43-11-23-31(47)35(51)37(53)41(61-23)59-21-5-1-3-15-25(17-7-13(39(55)56)9-19(45)27(17)33(49)29(15)21)26-16-4-2-6-22(60-42-38(54)36(52)32(48)24(12-44)62-42)30(16)34(50)28-18(26)8-14(40(57)58)10-20(28)46/h1-10,23-26,31-32,35-38,41-48,51-54H,11-12H2,(H,55,56)(H,57,58)/t23-,24-,25-,26+,31+,32+,35-,36-,37-,38-,41+,42-/m1/s1. The molecule has 0 bridgehead atoms. The van der Waals surface area contributed by atoms with Gasteiger partial charge in [0, 0.05) is 11.8 Å². The molecule has 4 aliphatic rings. The molecule has 0 spiro atoms. The van der Waals surface area contributed by atoms with Gasteiger partial charge in [-0.1, -0.05) is 24.3 Å². The lowest BCUT2D eigenvalue weighted by Gasteiger charge is -2.41. The zero-order chi connectivity index (χ0) is 44.6. The molecule has 8 rings (SSSR count). The number of aromatic hydroxyl groups is 2. The summed E-state index contributed by atoms with van der Waals surface area (Å²) < 4.78 is 23.0. The second-order valence-corrected chi connectivity index (χ2v) is 15.2. The summed E-state index contributed by atoms with van der Waals surface area (Å²) in [4.78, 5) is 54.2. The minimum atomic E-state index is -1.94. The third kappa shape index (κ3) is 6.73. The van der Waals surface area contributed by atoms with Gasteiger partial charge in [0.1, 0.15) is 71.8 Å². The second-order valence-electron chi connectivity index (χ2n) is 15.2. The van der Waals surface area contributed by atoms with Crippen molar-refractivity contribution >= 4 is 23.5 Å². The van der Waals surface area contributed by atoms with Crippen molar-refractivity contribution in [1.29, 1.82) is 0 Å². The number of fused-ring (bicyclic) bond motifs is 4. The van der Waals surface area contributed by atoms with Gasteiger partial charge in [0.15, 0.2) is 0 Å². The summed E-state index contributed by atoms with van der Waals surface area (Å²) in [5.41, 5.74) is -2.87. The van der Waals surface area contributed by atoms with E-state index in [0.717, 1.165) is 24.3 Å². The molecule has 0 amide bonds. The lowest BCUT2D eigenvalue weighted by Crippen LogP contribution is -2.60. The molecule has 12 atom stereocenters. The first-order chi connectivity index (χ1) is 29.5. The number of rotatable bonds is 9. The Balaban J connectivity index is 1.38. The van der Waals surface area contributed by atoms with Gasteiger partial charge >= 0.3 is 11.9 Å². The highest BCUT2D eigenvalue weighted by molar-refractivity contribution is 6.18. The fraction of sp³-hybridized carbons (Fsp3) is 0.333. The zero-order valence-corrected chi connectivity index (χ0v) is 31.7. The van der Waals surface area contributed by atoms with E-state index < -0.39 is 144 Å². The summed E-state index contributed by atoms with van der Waals surface area (Å²) in [5.74, 6) is -10.1. The number of hydrogen-bond donors (Lipinski definition) is 12. The van der Waals surface area contributed by atoms with E-state index in [-0.39, 0.29) is 44.9 Å². The van der Waals surface area contributed by atoms with E-state index >= 15 is 0 Å². The Kier molecular flexibility index (Phi) is 11.0. The van der Waals surface area contributed by atoms with Gasteiger partial charge in [-0.25, -0.2) is 9.59 Å². The van der Waals surface area contributed by atoms with Crippen LogP contribution in [-0.2, 0) is 9.47 Å². The average Bonchev–Trinajstić information content (AvgIpc) is 3.24. The maximum atomic E-state index is 14.7. The van der Waals surface area contributed by atoms with Gasteiger partial charge in [-0.2, -0.15) is 0 Å². The van der Waals surface area contributed by atoms with E-state index in [1.807, 2.05) is 0 Å². The highest BCUT2D eigenvalue weighted by atomic mass is 16.7. The number of ketones is 2. The van der Waals surface area contributed by atoms with Crippen LogP contribution in [0.2, 0.25) is 0 Å². The number of carbonyl (C=O) groups excluding carboxylic acids is 2. The Morgan fingerprint density at radius 1 is 0.516 bits per heavy atom. The van der Waals surface area contributed by atoms with Crippen LogP contribution in [-0.4, -0.2) is 159 Å². The SMILES string of the molecule is O=C(O)c1cc(O)c2c(c1)[C@@H]([C@H]1c3cc(C(=O)O)cc(O)c3C(=O)c3c(O[C@H]4O[C@H](CO)[C@H](O)[C@@H](O)[C@H]4O)cccc31)c1cccc(O[C@@H]3O[C@H](CO)[C@H](O)[C@@H](O)[C@H]3O)c1C2=O. The molecule has 2 fully saturated rings. The molecule has 0 radical (unpaired) electrons. The van der Waals surface area contributed by atoms with E-state index in [1.165, 1.54) is 36.4 Å². The molecule has 62 heavy (non-hydrogen) atoms. The molecule has 20 heteroatoms. The zero-order valence-electron chi connectivity index (χ0n) is 31.7. The van der Waals surface area contributed by atoms with E-state index in [2.05, 4.69) is 0 Å². The van der Waals surface area contributed by atoms with Crippen LogP contribution < -0.4 is 9.47 Å². The normalized spacial score (nSPS) is 30.1. The molecular weight excluding hydrogens is 824 g/mol. The molecular formula is C42H38O20. The topological polar surface area (TPSA) is 348 Å². The number of phenols is 2. The average molecular weight is 863 g/mol. The van der Waals surface area contributed by atoms with E-state index in [0.29, 0.717) is 0 Å². The molecule has 2 aliphatic heterocycles. The molecule has 20 nitrogen and oxygen atoms in total. The number of benzene rings is 4. The minimum absolute atomic E-state index is 0.00301. The van der Waals surface area contributed by atoms with Crippen molar-refractivity contribution in [3.63, 3.8) is 0 Å². The number of carboxylic acids is 2. The summed E-state index contributed by atoms with van der Waals surface area (Å²) >= 11 is 0. The van der Waals surface area contributed by atoms with Crippen LogP contribution in [0, 0.1) is 0 Å². The summed E-state index contributed by atoms with van der Waals surface area (Å²) in [6, 6.07) is 11.9. The second kappa shape index (κ2) is 16.0. The van der Waals surface area contributed by atoms with Gasteiger partial charge in [0.25, 0.3) is 0 Å². The smallest absolute Gasteiger partial charge is 0.335 e. The van der Waals surface area contributed by atoms with Crippen molar-refractivity contribution < 1.29 is 99.4 Å². The Hall–Kier alpha value is -6.04. The summed E-state index contributed by atoms with van der Waals surface area (Å²) in [7, 11) is 0. The first-order valence-electron chi connectivity index (χ1n) is 19.0. The van der Waals surface area contributed by atoms with Crippen LogP contribution in [0.25, 0.3) is 0 Å². The van der Waals surface area contributed by atoms with Crippen LogP contribution >= 0.6 is 0 Å². The fourth-order valence-electron chi connectivity index (χ4n) is 8.71. The number of carboxylic acid groups (broad SMARTS) is 2. The first kappa shape index (κ1) is 42.6. The number of phenolic OH excluding ortho intramolecular Hbond substituents is 2. The fourth-order valence-corrected chi connectivity index (χ4v) is 8.71. The van der Waals surface area contributed by atoms with Crippen molar-refractivity contribution in [2.45, 2.75) is 73.2 Å². The van der Waals surface area contributed by atoms with E-state index in [4.69, 9.17) is 18.9 Å². The molecule has 326 valence electrons. The molecule has 0 unspecified atom stereocenters. The van der Waals surface area contributed by atoms with Gasteiger partial charge in [-0.15, -0.1) is 0 Å². The summed E-state index contributed by atoms with van der Waals surface area (Å²) in [5, 5.41) is 126. The van der Waals surface area contributed by atoms with Gasteiger partial charge < -0.3 is 80.2 Å². The van der Waals surface area contributed by atoms with Gasteiger partial charge in [-0.3, -0.25) is 9.59 Å². The van der Waals surface area contributed by atoms with Crippen molar-refractivity contribution in [3.05, 3.63) is 116 Å². The summed E-state index contributed by atoms with van der Waals surface area (Å²) in [6.45, 7) is -1.64. The van der Waals surface area contributed by atoms with Crippen LogP contribution in [0.4, 0.5) is 0 Å². The predicted molar refractivity (Wildman–Crippen MR) is 202 cm³/mol. The quantitative estimate of drug-likeness (QED) is 0.0950. The highest BCUT2D eigenvalue weighted by Gasteiger charge is 2.50. The molecule has 12 N–H and O–H groups in total. The maximum absolute atomic E-state index is 14.7. The monoisotopic (exact) mass is 862 g/mol. The first-order valence-corrected chi connectivity index (χ1v) is 19.0. The number of aliphatic hydroxyl groups excluding tert-OH is 8. The Morgan fingerprint density at radius 2 is 0.887 bits per heavy atom. The third-order valence-corrected chi connectivity index (χ3v) is 11.7. The van der Waals surface area contributed by atoms with Crippen LogP contribution in [0.1, 0.15) is 86.6 Å². The van der Waals surface area contributed by atoms with Crippen molar-refractivity contribution in [2.24, 2.45) is 0 Å². The van der Waals surface area contributed by atoms with Crippen LogP contribution in [0.3, 0.4) is 0 Å². The Bertz CT molecular complexity index is 2330. The Labute approximate surface area is 348 Å². The number of carbonyl (C=O) groups is 4. The number of aromatic carboxylic acids is 2. The number of aliphatic hydroxyl groups is 8. The van der Waals surface area contributed by atoms with E-state index in [1.54, 1.807) is 0 Å². The van der Waals surface area contributed by atoms with Crippen LogP contribution in [0.15, 0.2) is 60.7 Å². The molecule has 0 saturated carbocycles. The molecule has 2 saturated heterocycles. The largest absolute Gasteiger partial charge is 0.507 e. The third-order valence-electron chi connectivity index (χ3n) is 11.7. The molecule has 4 aromatic carbocycles. The maximum Gasteiger partial charge on any atom is 0.335 e. The van der Waals surface area contributed by atoms with Crippen molar-refractivity contribution in [3.8, 4) is 23.0 Å². The van der Waals surface area contributed by atoms with Crippen LogP contribution in [0.5, 0.6) is 23.0 Å². The minimum Gasteiger partial charge on any atom is -0.507 e. The lowest BCUT2D eigenvalue weighted by molar-refractivity contribution is -0.277. The van der Waals surface area contributed by atoms with Crippen molar-refractivity contribution in [1.82, 2.24) is 0 Å². The lowest BCUT2D eigenvalue weighted by atomic mass is 9.63. The Morgan fingerprint density at radius 3 is 1.23 bits per heavy atom. The van der Waals surface area contributed by atoms with Crippen molar-refractivity contribution in [2.75, 3.05) is 13.2 Å².